The lowest BCUT2D eigenvalue weighted by atomic mass is 10.2. The van der Waals surface area contributed by atoms with Gasteiger partial charge in [0.05, 0.1) is 24.9 Å². The molecule has 0 aromatic carbocycles. The van der Waals surface area contributed by atoms with Gasteiger partial charge in [-0.05, 0) is 24.3 Å². The minimum atomic E-state index is 0.163. The number of carbonyl (C=O) groups is 1. The third-order valence-corrected chi connectivity index (χ3v) is 4.99. The third-order valence-electron chi connectivity index (χ3n) is 4.31. The van der Waals surface area contributed by atoms with Gasteiger partial charge in [0.2, 0.25) is 0 Å². The Labute approximate surface area is 135 Å². The SMILES string of the molecule is O=C(c1ccsc1)N1CCN(CCOC[C@@H]2CCCO2)CC1. The van der Waals surface area contributed by atoms with E-state index >= 15 is 0 Å². The maximum Gasteiger partial charge on any atom is 0.254 e. The monoisotopic (exact) mass is 324 g/mol. The molecule has 0 aliphatic carbocycles. The first-order valence-corrected chi connectivity index (χ1v) is 9.00. The molecule has 2 fully saturated rings. The van der Waals surface area contributed by atoms with Gasteiger partial charge in [-0.2, -0.15) is 11.3 Å². The Hall–Kier alpha value is -0.950. The second-order valence-corrected chi connectivity index (χ2v) is 6.64. The normalized spacial score (nSPS) is 23.1. The van der Waals surface area contributed by atoms with Crippen molar-refractivity contribution in [3.8, 4) is 0 Å². The quantitative estimate of drug-likeness (QED) is 0.747. The van der Waals surface area contributed by atoms with Gasteiger partial charge in [0.15, 0.2) is 0 Å². The van der Waals surface area contributed by atoms with Crippen molar-refractivity contribution in [2.45, 2.75) is 18.9 Å². The molecule has 2 saturated heterocycles. The Kier molecular flexibility index (Phi) is 5.83. The average molecular weight is 324 g/mol. The van der Waals surface area contributed by atoms with Crippen molar-refractivity contribution in [2.24, 2.45) is 0 Å². The average Bonchev–Trinajstić information content (AvgIpc) is 3.25. The van der Waals surface area contributed by atoms with E-state index in [1.54, 1.807) is 11.3 Å². The lowest BCUT2D eigenvalue weighted by Gasteiger charge is -2.34. The Morgan fingerprint density at radius 2 is 2.23 bits per heavy atom. The number of thiophene rings is 1. The van der Waals surface area contributed by atoms with Crippen LogP contribution in [-0.4, -0.2) is 74.4 Å². The standard InChI is InChI=1S/C16H24N2O3S/c19-16(14-3-11-22-13-14)18-6-4-17(5-7-18)8-10-20-12-15-2-1-9-21-15/h3,11,13,15H,1-2,4-10,12H2/t15-/m0/s1. The number of carbonyl (C=O) groups excluding carboxylic acids is 1. The van der Waals surface area contributed by atoms with Gasteiger partial charge in [-0.3, -0.25) is 9.69 Å². The molecule has 1 aromatic heterocycles. The van der Waals surface area contributed by atoms with Crippen LogP contribution in [0.5, 0.6) is 0 Å². The largest absolute Gasteiger partial charge is 0.377 e. The highest BCUT2D eigenvalue weighted by atomic mass is 32.1. The van der Waals surface area contributed by atoms with Crippen LogP contribution in [0.2, 0.25) is 0 Å². The van der Waals surface area contributed by atoms with Crippen molar-refractivity contribution in [1.82, 2.24) is 9.80 Å². The predicted molar refractivity (Wildman–Crippen MR) is 86.5 cm³/mol. The van der Waals surface area contributed by atoms with E-state index in [0.29, 0.717) is 6.10 Å². The first-order chi connectivity index (χ1) is 10.8. The van der Waals surface area contributed by atoms with Crippen LogP contribution in [-0.2, 0) is 9.47 Å². The molecule has 6 heteroatoms. The molecule has 0 spiro atoms. The second-order valence-electron chi connectivity index (χ2n) is 5.86. The number of amides is 1. The van der Waals surface area contributed by atoms with Crippen molar-refractivity contribution in [3.63, 3.8) is 0 Å². The highest BCUT2D eigenvalue weighted by molar-refractivity contribution is 7.08. The van der Waals surface area contributed by atoms with E-state index < -0.39 is 0 Å². The van der Waals surface area contributed by atoms with Crippen LogP contribution < -0.4 is 0 Å². The summed E-state index contributed by atoms with van der Waals surface area (Å²) in [4.78, 5) is 16.6. The molecule has 0 saturated carbocycles. The van der Waals surface area contributed by atoms with E-state index in [9.17, 15) is 4.79 Å². The first kappa shape index (κ1) is 15.9. The van der Waals surface area contributed by atoms with Crippen LogP contribution in [0.25, 0.3) is 0 Å². The molecule has 0 N–H and O–H groups in total. The zero-order chi connectivity index (χ0) is 15.2. The summed E-state index contributed by atoms with van der Waals surface area (Å²) in [5.41, 5.74) is 0.818. The van der Waals surface area contributed by atoms with Crippen LogP contribution in [0.3, 0.4) is 0 Å². The minimum absolute atomic E-state index is 0.163. The number of hydrogen-bond acceptors (Lipinski definition) is 5. The molecule has 122 valence electrons. The maximum absolute atomic E-state index is 12.3. The molecule has 1 atom stereocenters. The lowest BCUT2D eigenvalue weighted by molar-refractivity contribution is 0.00657. The Morgan fingerprint density at radius 3 is 2.91 bits per heavy atom. The van der Waals surface area contributed by atoms with E-state index in [1.807, 2.05) is 21.7 Å². The first-order valence-electron chi connectivity index (χ1n) is 8.06. The highest BCUT2D eigenvalue weighted by Gasteiger charge is 2.22. The van der Waals surface area contributed by atoms with Crippen molar-refractivity contribution in [1.29, 1.82) is 0 Å². The van der Waals surface area contributed by atoms with Crippen molar-refractivity contribution >= 4 is 17.2 Å². The molecule has 22 heavy (non-hydrogen) atoms. The van der Waals surface area contributed by atoms with Crippen LogP contribution in [0.1, 0.15) is 23.2 Å². The number of piperazine rings is 1. The van der Waals surface area contributed by atoms with Crippen LogP contribution >= 0.6 is 11.3 Å². The summed E-state index contributed by atoms with van der Waals surface area (Å²) in [7, 11) is 0. The molecule has 2 aliphatic heterocycles. The lowest BCUT2D eigenvalue weighted by Crippen LogP contribution is -2.49. The molecule has 0 unspecified atom stereocenters. The third kappa shape index (κ3) is 4.29. The number of nitrogens with zero attached hydrogens (tertiary/aromatic N) is 2. The summed E-state index contributed by atoms with van der Waals surface area (Å²) >= 11 is 1.57. The Bertz CT molecular complexity index is 452. The van der Waals surface area contributed by atoms with Crippen molar-refractivity contribution in [3.05, 3.63) is 22.4 Å². The zero-order valence-electron chi connectivity index (χ0n) is 12.9. The van der Waals surface area contributed by atoms with Crippen molar-refractivity contribution in [2.75, 3.05) is 52.5 Å². The molecule has 2 aliphatic rings. The summed E-state index contributed by atoms with van der Waals surface area (Å²) < 4.78 is 11.2. The van der Waals surface area contributed by atoms with E-state index in [4.69, 9.17) is 9.47 Å². The van der Waals surface area contributed by atoms with Gasteiger partial charge in [-0.25, -0.2) is 0 Å². The Morgan fingerprint density at radius 1 is 1.36 bits per heavy atom. The zero-order valence-corrected chi connectivity index (χ0v) is 13.7. The predicted octanol–water partition coefficient (Wildman–Crippen LogP) is 1.70. The summed E-state index contributed by atoms with van der Waals surface area (Å²) in [6.45, 7) is 6.76. The van der Waals surface area contributed by atoms with Gasteiger partial charge < -0.3 is 14.4 Å². The molecule has 0 radical (unpaired) electrons. The molecular weight excluding hydrogens is 300 g/mol. The fraction of sp³-hybridized carbons (Fsp3) is 0.688. The van der Waals surface area contributed by atoms with E-state index in [1.165, 1.54) is 0 Å². The van der Waals surface area contributed by atoms with Crippen LogP contribution in [0.15, 0.2) is 16.8 Å². The second kappa shape index (κ2) is 8.06. The van der Waals surface area contributed by atoms with Crippen LogP contribution in [0, 0.1) is 0 Å². The van der Waals surface area contributed by atoms with Gasteiger partial charge in [0.25, 0.3) is 5.91 Å². The van der Waals surface area contributed by atoms with E-state index in [0.717, 1.165) is 70.9 Å². The number of ether oxygens (including phenoxy) is 2. The summed E-state index contributed by atoms with van der Waals surface area (Å²) in [5, 5.41) is 3.88. The van der Waals surface area contributed by atoms with E-state index in [2.05, 4.69) is 4.90 Å². The minimum Gasteiger partial charge on any atom is -0.377 e. The van der Waals surface area contributed by atoms with E-state index in [-0.39, 0.29) is 5.91 Å². The fourth-order valence-electron chi connectivity index (χ4n) is 2.93. The molecule has 0 bridgehead atoms. The molecular formula is C16H24N2O3S. The smallest absolute Gasteiger partial charge is 0.254 e. The highest BCUT2D eigenvalue weighted by Crippen LogP contribution is 2.13. The van der Waals surface area contributed by atoms with Gasteiger partial charge in [0.1, 0.15) is 0 Å². The summed E-state index contributed by atoms with van der Waals surface area (Å²) in [6, 6.07) is 1.90. The molecule has 3 rings (SSSR count). The molecule has 1 amide bonds. The maximum atomic E-state index is 12.3. The topological polar surface area (TPSA) is 42.0 Å². The van der Waals surface area contributed by atoms with Gasteiger partial charge in [0, 0.05) is 44.7 Å². The Balaban J connectivity index is 1.31. The molecule has 3 heterocycles. The van der Waals surface area contributed by atoms with Crippen molar-refractivity contribution < 1.29 is 14.3 Å². The molecule has 5 nitrogen and oxygen atoms in total. The van der Waals surface area contributed by atoms with Gasteiger partial charge >= 0.3 is 0 Å². The number of rotatable bonds is 6. The van der Waals surface area contributed by atoms with Gasteiger partial charge in [-0.15, -0.1) is 0 Å². The fourth-order valence-corrected chi connectivity index (χ4v) is 3.56. The molecule has 1 aromatic rings. The summed E-state index contributed by atoms with van der Waals surface area (Å²) in [6.07, 6.45) is 2.59. The summed E-state index contributed by atoms with van der Waals surface area (Å²) in [5.74, 6) is 0.163. The van der Waals surface area contributed by atoms with Gasteiger partial charge in [-0.1, -0.05) is 0 Å². The number of hydrogen-bond donors (Lipinski definition) is 0. The van der Waals surface area contributed by atoms with Crippen LogP contribution in [0.4, 0.5) is 0 Å².